The predicted molar refractivity (Wildman–Crippen MR) is 256 cm³/mol. The van der Waals surface area contributed by atoms with Gasteiger partial charge in [-0.15, -0.1) is 0 Å². The van der Waals surface area contributed by atoms with Crippen LogP contribution in [0.25, 0.3) is 0 Å². The molecule has 0 aromatic carbocycles. The molecule has 0 saturated carbocycles. The summed E-state index contributed by atoms with van der Waals surface area (Å²) in [6, 6.07) is 0. The third-order valence-corrected chi connectivity index (χ3v) is 12.0. The number of hydrogen-bond donors (Lipinski definition) is 0. The highest BCUT2D eigenvalue weighted by molar-refractivity contribution is 5.71. The number of rotatable bonds is 49. The minimum atomic E-state index is -0.765. The molecule has 0 saturated heterocycles. The lowest BCUT2D eigenvalue weighted by Gasteiger charge is -2.18. The minimum absolute atomic E-state index is 0.0696. The Hall–Kier alpha value is -1.85. The third kappa shape index (κ3) is 47.2. The average Bonchev–Trinajstić information content (AvgIpc) is 3.24. The topological polar surface area (TPSA) is 78.9 Å². The summed E-state index contributed by atoms with van der Waals surface area (Å²) in [5.41, 5.74) is 0. The van der Waals surface area contributed by atoms with Gasteiger partial charge in [-0.25, -0.2) is 0 Å². The molecule has 0 aromatic heterocycles. The van der Waals surface area contributed by atoms with Crippen molar-refractivity contribution in [1.82, 2.24) is 0 Å². The zero-order chi connectivity index (χ0) is 43.7. The van der Waals surface area contributed by atoms with E-state index in [9.17, 15) is 14.4 Å². The Morgan fingerprint density at radius 2 is 0.550 bits per heavy atom. The number of esters is 3. The fourth-order valence-electron chi connectivity index (χ4n) is 7.97. The van der Waals surface area contributed by atoms with Crippen molar-refractivity contribution in [2.45, 2.75) is 303 Å². The molecule has 0 aliphatic carbocycles. The highest BCUT2D eigenvalue weighted by Gasteiger charge is 2.19. The van der Waals surface area contributed by atoms with Crippen LogP contribution in [0.1, 0.15) is 297 Å². The van der Waals surface area contributed by atoms with Crippen LogP contribution in [0, 0.1) is 0 Å². The van der Waals surface area contributed by atoms with E-state index in [1.165, 1.54) is 186 Å². The highest BCUT2D eigenvalue weighted by Crippen LogP contribution is 2.17. The molecule has 60 heavy (non-hydrogen) atoms. The van der Waals surface area contributed by atoms with Crippen LogP contribution in [0.15, 0.2) is 12.2 Å². The summed E-state index contributed by atoms with van der Waals surface area (Å²) in [6.07, 6.45) is 55.4. The Bertz CT molecular complexity index is 931. The van der Waals surface area contributed by atoms with Gasteiger partial charge in [-0.3, -0.25) is 14.4 Å². The summed E-state index contributed by atoms with van der Waals surface area (Å²) < 4.78 is 16.7. The molecular weight excluding hydrogens is 745 g/mol. The van der Waals surface area contributed by atoms with Crippen LogP contribution < -0.4 is 0 Å². The minimum Gasteiger partial charge on any atom is -0.462 e. The first-order valence-electron chi connectivity index (χ1n) is 26.7. The number of carbonyl (C=O) groups excluding carboxylic acids is 3. The van der Waals surface area contributed by atoms with Crippen molar-refractivity contribution in [3.05, 3.63) is 12.2 Å². The molecule has 6 nitrogen and oxygen atoms in total. The van der Waals surface area contributed by atoms with Crippen molar-refractivity contribution in [1.29, 1.82) is 0 Å². The Labute approximate surface area is 373 Å². The lowest BCUT2D eigenvalue weighted by Crippen LogP contribution is -2.30. The molecule has 0 spiro atoms. The lowest BCUT2D eigenvalue weighted by atomic mass is 10.0. The number of hydrogen-bond acceptors (Lipinski definition) is 6. The highest BCUT2D eigenvalue weighted by atomic mass is 16.6. The number of carbonyl (C=O) groups is 3. The van der Waals surface area contributed by atoms with Crippen LogP contribution in [-0.4, -0.2) is 37.2 Å². The molecule has 0 amide bonds. The van der Waals surface area contributed by atoms with Crippen molar-refractivity contribution in [2.24, 2.45) is 0 Å². The number of unbranched alkanes of at least 4 members (excludes halogenated alkanes) is 36. The van der Waals surface area contributed by atoms with Crippen LogP contribution in [0.4, 0.5) is 0 Å². The van der Waals surface area contributed by atoms with E-state index in [0.29, 0.717) is 19.3 Å². The largest absolute Gasteiger partial charge is 0.462 e. The van der Waals surface area contributed by atoms with Gasteiger partial charge in [0.1, 0.15) is 13.2 Å². The molecule has 0 N–H and O–H groups in total. The summed E-state index contributed by atoms with van der Waals surface area (Å²) in [5.74, 6) is -0.878. The second-order valence-corrected chi connectivity index (χ2v) is 18.2. The first-order chi connectivity index (χ1) is 29.5. The van der Waals surface area contributed by atoms with E-state index in [0.717, 1.165) is 70.6 Å². The number of allylic oxidation sites excluding steroid dienone is 2. The summed E-state index contributed by atoms with van der Waals surface area (Å²) >= 11 is 0. The Morgan fingerprint density at radius 1 is 0.317 bits per heavy atom. The van der Waals surface area contributed by atoms with Gasteiger partial charge in [0.25, 0.3) is 0 Å². The molecule has 0 fully saturated rings. The second kappa shape index (κ2) is 49.8. The van der Waals surface area contributed by atoms with Crippen LogP contribution in [0.3, 0.4) is 0 Å². The van der Waals surface area contributed by atoms with Gasteiger partial charge in [0, 0.05) is 19.3 Å². The van der Waals surface area contributed by atoms with Crippen molar-refractivity contribution in [2.75, 3.05) is 13.2 Å². The molecule has 0 aliphatic heterocycles. The van der Waals surface area contributed by atoms with Crippen LogP contribution in [0.5, 0.6) is 0 Å². The quantitative estimate of drug-likeness (QED) is 0.0263. The zero-order valence-electron chi connectivity index (χ0n) is 40.5. The smallest absolute Gasteiger partial charge is 0.306 e. The number of ether oxygens (including phenoxy) is 3. The SMILES string of the molecule is CCCCCC/C=C\CCCCCCCC(=O)OC(COC(=O)CCCCCCC)COC(=O)CCCCCCCCCCCCCCCCCCCCCCCCCC. The van der Waals surface area contributed by atoms with E-state index in [4.69, 9.17) is 14.2 Å². The van der Waals surface area contributed by atoms with Gasteiger partial charge in [-0.1, -0.05) is 245 Å². The van der Waals surface area contributed by atoms with E-state index in [1.807, 2.05) is 0 Å². The van der Waals surface area contributed by atoms with Gasteiger partial charge >= 0.3 is 17.9 Å². The van der Waals surface area contributed by atoms with Crippen molar-refractivity contribution >= 4 is 17.9 Å². The molecule has 0 bridgehead atoms. The fourth-order valence-corrected chi connectivity index (χ4v) is 7.97. The molecular formula is C54H102O6. The first-order valence-corrected chi connectivity index (χ1v) is 26.7. The second-order valence-electron chi connectivity index (χ2n) is 18.2. The van der Waals surface area contributed by atoms with Crippen LogP contribution in [-0.2, 0) is 28.6 Å². The monoisotopic (exact) mass is 847 g/mol. The van der Waals surface area contributed by atoms with E-state index in [-0.39, 0.29) is 31.1 Å². The third-order valence-electron chi connectivity index (χ3n) is 12.0. The average molecular weight is 847 g/mol. The van der Waals surface area contributed by atoms with E-state index >= 15 is 0 Å². The van der Waals surface area contributed by atoms with Gasteiger partial charge < -0.3 is 14.2 Å². The summed E-state index contributed by atoms with van der Waals surface area (Å²) in [4.78, 5) is 37.6. The molecule has 0 rings (SSSR count). The maximum absolute atomic E-state index is 12.7. The predicted octanol–water partition coefficient (Wildman–Crippen LogP) is 17.4. The summed E-state index contributed by atoms with van der Waals surface area (Å²) in [6.45, 7) is 6.57. The summed E-state index contributed by atoms with van der Waals surface area (Å²) in [5, 5.41) is 0. The van der Waals surface area contributed by atoms with Gasteiger partial charge in [-0.05, 0) is 44.9 Å². The zero-order valence-corrected chi connectivity index (χ0v) is 40.5. The molecule has 0 heterocycles. The van der Waals surface area contributed by atoms with Crippen LogP contribution in [0.2, 0.25) is 0 Å². The fraction of sp³-hybridized carbons (Fsp3) is 0.907. The standard InChI is InChI=1S/C54H102O6/c1-4-7-10-13-15-17-19-21-22-23-24-25-26-27-28-29-30-31-33-34-36-38-41-44-47-53(56)59-50-51(49-58-52(55)46-43-40-12-9-6-3)60-54(57)48-45-42-39-37-35-32-20-18-16-14-11-8-5-2/h18,20,51H,4-17,19,21-50H2,1-3H3/b20-18-. The maximum atomic E-state index is 12.7. The maximum Gasteiger partial charge on any atom is 0.306 e. The van der Waals surface area contributed by atoms with Crippen molar-refractivity contribution in [3.8, 4) is 0 Å². The molecule has 1 unspecified atom stereocenters. The Morgan fingerprint density at radius 3 is 0.850 bits per heavy atom. The normalized spacial score (nSPS) is 12.0. The van der Waals surface area contributed by atoms with E-state index in [1.54, 1.807) is 0 Å². The Kier molecular flexibility index (Phi) is 48.3. The molecule has 0 radical (unpaired) electrons. The van der Waals surface area contributed by atoms with Gasteiger partial charge in [-0.2, -0.15) is 0 Å². The van der Waals surface area contributed by atoms with Crippen LogP contribution >= 0.6 is 0 Å². The van der Waals surface area contributed by atoms with Gasteiger partial charge in [0.05, 0.1) is 0 Å². The van der Waals surface area contributed by atoms with E-state index in [2.05, 4.69) is 32.9 Å². The van der Waals surface area contributed by atoms with Crippen molar-refractivity contribution < 1.29 is 28.6 Å². The van der Waals surface area contributed by atoms with Gasteiger partial charge in [0.2, 0.25) is 0 Å². The molecule has 0 aromatic rings. The summed E-state index contributed by atoms with van der Waals surface area (Å²) in [7, 11) is 0. The molecule has 6 heteroatoms. The molecule has 1 atom stereocenters. The first kappa shape index (κ1) is 58.1. The van der Waals surface area contributed by atoms with Gasteiger partial charge in [0.15, 0.2) is 6.10 Å². The van der Waals surface area contributed by atoms with Crippen molar-refractivity contribution in [3.63, 3.8) is 0 Å². The Balaban J connectivity index is 4.00. The molecule has 354 valence electrons. The lowest BCUT2D eigenvalue weighted by molar-refractivity contribution is -0.167. The molecule has 0 aliphatic rings. The van der Waals surface area contributed by atoms with E-state index < -0.39 is 6.10 Å².